The van der Waals surface area contributed by atoms with Gasteiger partial charge in [0.1, 0.15) is 0 Å². The molecule has 2 atom stereocenters. The third-order valence-corrected chi connectivity index (χ3v) is 4.49. The second-order valence-electron chi connectivity index (χ2n) is 4.81. The SMILES string of the molecule is CN(Cc1cccs1)C(=O)[C@@H]1CCC[C@@H]1CN.Cl. The number of nitrogens with zero attached hydrogens (tertiary/aromatic N) is 1. The van der Waals surface area contributed by atoms with Gasteiger partial charge in [0.15, 0.2) is 0 Å². The van der Waals surface area contributed by atoms with Crippen LogP contribution in [-0.4, -0.2) is 24.4 Å². The summed E-state index contributed by atoms with van der Waals surface area (Å²) >= 11 is 1.70. The fourth-order valence-corrected chi connectivity index (χ4v) is 3.40. The minimum Gasteiger partial charge on any atom is -0.340 e. The van der Waals surface area contributed by atoms with E-state index in [0.717, 1.165) is 25.8 Å². The summed E-state index contributed by atoms with van der Waals surface area (Å²) in [5, 5.41) is 2.05. The minimum absolute atomic E-state index is 0. The molecule has 1 fully saturated rings. The molecule has 5 heteroatoms. The molecule has 0 saturated heterocycles. The van der Waals surface area contributed by atoms with E-state index >= 15 is 0 Å². The summed E-state index contributed by atoms with van der Waals surface area (Å²) in [7, 11) is 1.90. The van der Waals surface area contributed by atoms with Gasteiger partial charge in [-0.3, -0.25) is 4.79 Å². The first-order valence-corrected chi connectivity index (χ1v) is 7.07. The summed E-state index contributed by atoms with van der Waals surface area (Å²) < 4.78 is 0. The van der Waals surface area contributed by atoms with Crippen LogP contribution in [0, 0.1) is 11.8 Å². The average Bonchev–Trinajstić information content (AvgIpc) is 2.97. The maximum Gasteiger partial charge on any atom is 0.226 e. The van der Waals surface area contributed by atoms with Gasteiger partial charge in [-0.15, -0.1) is 23.7 Å². The second kappa shape index (κ2) is 7.12. The van der Waals surface area contributed by atoms with Gasteiger partial charge in [-0.2, -0.15) is 0 Å². The molecule has 0 aromatic carbocycles. The first-order chi connectivity index (χ1) is 8.22. The van der Waals surface area contributed by atoms with Crippen LogP contribution in [0.25, 0.3) is 0 Å². The lowest BCUT2D eigenvalue weighted by atomic mass is 9.95. The molecule has 1 aliphatic carbocycles. The Morgan fingerprint density at radius 1 is 1.56 bits per heavy atom. The molecule has 0 bridgehead atoms. The summed E-state index contributed by atoms with van der Waals surface area (Å²) in [6, 6.07) is 4.10. The highest BCUT2D eigenvalue weighted by atomic mass is 35.5. The van der Waals surface area contributed by atoms with Crippen molar-refractivity contribution in [3.63, 3.8) is 0 Å². The van der Waals surface area contributed by atoms with Gasteiger partial charge in [-0.25, -0.2) is 0 Å². The maximum atomic E-state index is 12.3. The molecule has 0 unspecified atom stereocenters. The van der Waals surface area contributed by atoms with Crippen LogP contribution in [0.15, 0.2) is 17.5 Å². The summed E-state index contributed by atoms with van der Waals surface area (Å²) in [5.74, 6) is 0.824. The predicted molar refractivity (Wildman–Crippen MR) is 77.9 cm³/mol. The summed E-state index contributed by atoms with van der Waals surface area (Å²) in [6.07, 6.45) is 3.26. The molecule has 1 amide bonds. The number of carbonyl (C=O) groups is 1. The highest BCUT2D eigenvalue weighted by Gasteiger charge is 2.33. The van der Waals surface area contributed by atoms with E-state index < -0.39 is 0 Å². The fourth-order valence-electron chi connectivity index (χ4n) is 2.64. The summed E-state index contributed by atoms with van der Waals surface area (Å²) in [4.78, 5) is 15.4. The molecule has 1 heterocycles. The van der Waals surface area contributed by atoms with E-state index in [-0.39, 0.29) is 24.2 Å². The van der Waals surface area contributed by atoms with E-state index in [0.29, 0.717) is 12.5 Å². The Bertz CT molecular complexity index is 369. The van der Waals surface area contributed by atoms with E-state index in [1.807, 2.05) is 23.4 Å². The van der Waals surface area contributed by atoms with Gasteiger partial charge in [-0.05, 0) is 36.8 Å². The molecule has 1 aromatic rings. The van der Waals surface area contributed by atoms with Gasteiger partial charge in [0.25, 0.3) is 0 Å². The summed E-state index contributed by atoms with van der Waals surface area (Å²) in [6.45, 7) is 1.37. The molecular weight excluding hydrogens is 268 g/mol. The Balaban J connectivity index is 0.00000162. The fraction of sp³-hybridized carbons (Fsp3) is 0.615. The smallest absolute Gasteiger partial charge is 0.226 e. The highest BCUT2D eigenvalue weighted by molar-refractivity contribution is 7.09. The normalized spacial score (nSPS) is 22.6. The van der Waals surface area contributed by atoms with Gasteiger partial charge >= 0.3 is 0 Å². The van der Waals surface area contributed by atoms with Crippen molar-refractivity contribution in [1.82, 2.24) is 4.90 Å². The number of hydrogen-bond donors (Lipinski definition) is 1. The Hall–Kier alpha value is -0.580. The van der Waals surface area contributed by atoms with Crippen molar-refractivity contribution in [3.8, 4) is 0 Å². The number of nitrogens with two attached hydrogens (primary N) is 1. The number of thiophene rings is 1. The van der Waals surface area contributed by atoms with Crippen molar-refractivity contribution in [2.75, 3.05) is 13.6 Å². The highest BCUT2D eigenvalue weighted by Crippen LogP contribution is 2.32. The van der Waals surface area contributed by atoms with Gasteiger partial charge in [0, 0.05) is 17.8 Å². The second-order valence-corrected chi connectivity index (χ2v) is 5.84. The molecule has 0 radical (unpaired) electrons. The largest absolute Gasteiger partial charge is 0.340 e. The van der Waals surface area contributed by atoms with E-state index in [9.17, 15) is 4.79 Å². The number of hydrogen-bond acceptors (Lipinski definition) is 3. The Morgan fingerprint density at radius 3 is 2.94 bits per heavy atom. The molecule has 1 aliphatic rings. The lowest BCUT2D eigenvalue weighted by Gasteiger charge is -2.24. The van der Waals surface area contributed by atoms with E-state index in [1.165, 1.54) is 4.88 Å². The van der Waals surface area contributed by atoms with Crippen LogP contribution in [0.2, 0.25) is 0 Å². The van der Waals surface area contributed by atoms with Crippen LogP contribution in [0.4, 0.5) is 0 Å². The first-order valence-electron chi connectivity index (χ1n) is 6.19. The lowest BCUT2D eigenvalue weighted by Crippen LogP contribution is -2.36. The van der Waals surface area contributed by atoms with Gasteiger partial charge in [0.2, 0.25) is 5.91 Å². The van der Waals surface area contributed by atoms with Crippen molar-refractivity contribution in [3.05, 3.63) is 22.4 Å². The topological polar surface area (TPSA) is 46.3 Å². The molecule has 1 aromatic heterocycles. The Kier molecular flexibility index (Phi) is 6.12. The van der Waals surface area contributed by atoms with Gasteiger partial charge in [-0.1, -0.05) is 12.5 Å². The average molecular weight is 289 g/mol. The third kappa shape index (κ3) is 3.46. The Labute approximate surface area is 119 Å². The van der Waals surface area contributed by atoms with Crippen LogP contribution in [-0.2, 0) is 11.3 Å². The standard InChI is InChI=1S/C13H20N2OS.ClH/c1-15(9-11-5-3-7-17-11)13(16)12-6-2-4-10(12)8-14;/h3,5,7,10,12H,2,4,6,8-9,14H2,1H3;1H/t10-,12-;/m1./s1. The van der Waals surface area contributed by atoms with Crippen LogP contribution in [0.3, 0.4) is 0 Å². The zero-order valence-corrected chi connectivity index (χ0v) is 12.3. The molecule has 0 spiro atoms. The molecule has 102 valence electrons. The zero-order valence-electron chi connectivity index (χ0n) is 10.7. The van der Waals surface area contributed by atoms with Crippen molar-refractivity contribution in [1.29, 1.82) is 0 Å². The number of amides is 1. The number of halogens is 1. The first kappa shape index (κ1) is 15.5. The monoisotopic (exact) mass is 288 g/mol. The maximum absolute atomic E-state index is 12.3. The van der Waals surface area contributed by atoms with Crippen molar-refractivity contribution >= 4 is 29.7 Å². The minimum atomic E-state index is 0. The van der Waals surface area contributed by atoms with E-state index in [1.54, 1.807) is 11.3 Å². The number of carbonyl (C=O) groups excluding carboxylic acids is 1. The predicted octanol–water partition coefficient (Wildman–Crippen LogP) is 2.50. The van der Waals surface area contributed by atoms with Crippen LogP contribution in [0.1, 0.15) is 24.1 Å². The molecule has 18 heavy (non-hydrogen) atoms. The lowest BCUT2D eigenvalue weighted by molar-refractivity contribution is -0.135. The van der Waals surface area contributed by atoms with E-state index in [4.69, 9.17) is 5.73 Å². The van der Waals surface area contributed by atoms with Gasteiger partial charge < -0.3 is 10.6 Å². The molecule has 3 nitrogen and oxygen atoms in total. The third-order valence-electron chi connectivity index (χ3n) is 3.63. The molecule has 0 aliphatic heterocycles. The van der Waals surface area contributed by atoms with Crippen LogP contribution in [0.5, 0.6) is 0 Å². The van der Waals surface area contributed by atoms with Crippen molar-refractivity contribution in [2.45, 2.75) is 25.8 Å². The van der Waals surface area contributed by atoms with Crippen molar-refractivity contribution < 1.29 is 4.79 Å². The summed E-state index contributed by atoms with van der Waals surface area (Å²) in [5.41, 5.74) is 5.73. The number of rotatable bonds is 4. The van der Waals surface area contributed by atoms with Gasteiger partial charge in [0.05, 0.1) is 6.54 Å². The molecule has 1 saturated carbocycles. The van der Waals surface area contributed by atoms with E-state index in [2.05, 4.69) is 6.07 Å². The molecular formula is C13H21ClN2OS. The molecule has 2 rings (SSSR count). The Morgan fingerprint density at radius 2 is 2.33 bits per heavy atom. The van der Waals surface area contributed by atoms with Crippen LogP contribution < -0.4 is 5.73 Å². The zero-order chi connectivity index (χ0) is 12.3. The van der Waals surface area contributed by atoms with Crippen LogP contribution >= 0.6 is 23.7 Å². The molecule has 2 N–H and O–H groups in total. The van der Waals surface area contributed by atoms with Crippen molar-refractivity contribution in [2.24, 2.45) is 17.6 Å². The quantitative estimate of drug-likeness (QED) is 0.925.